The molecule has 1 saturated carbocycles. The van der Waals surface area contributed by atoms with Gasteiger partial charge in [-0.2, -0.15) is 10.4 Å². The Bertz CT molecular complexity index is 1830. The fourth-order valence-corrected chi connectivity index (χ4v) is 8.47. The molecule has 3 fully saturated rings. The highest BCUT2D eigenvalue weighted by atomic mass is 35.5. The lowest BCUT2D eigenvalue weighted by Crippen LogP contribution is -2.74. The standard InChI is InChI=1S/C41H53ClN8O6/c1-27(23-35(52)50(44-6)32-14-16-34(51)46-37(32)54)55-22-10-8-7-9-17-48-18-20-49(21-19-48)33-15-12-29(26-45-33)36(53)47-38-40(2,3)39(41(38,4)5)56-30-13-11-28(25-43)31(42)24-30/h11-13,15,23-24,26,32,38-39H,6-10,14,16-22H2,1-5H3,(H,47,53)(H,46,51,54)/b27-23+/t32?,38-,39-. The summed E-state index contributed by atoms with van der Waals surface area (Å²) in [6, 6.07) is 9.87. The molecule has 0 spiro atoms. The Morgan fingerprint density at radius 3 is 2.45 bits per heavy atom. The number of benzene rings is 1. The number of ether oxygens (including phenoxy) is 2. The van der Waals surface area contributed by atoms with E-state index in [1.165, 1.54) is 6.08 Å². The minimum absolute atomic E-state index is 0.138. The molecule has 0 bridgehead atoms. The number of piperazine rings is 1. The summed E-state index contributed by atoms with van der Waals surface area (Å²) in [4.78, 5) is 58.9. The van der Waals surface area contributed by atoms with Gasteiger partial charge in [-0.15, -0.1) is 0 Å². The molecule has 300 valence electrons. The second kappa shape index (κ2) is 18.3. The number of nitrogens with one attached hydrogen (secondary N) is 2. The number of nitrogens with zero attached hydrogens (tertiary/aromatic N) is 6. The molecule has 1 unspecified atom stereocenters. The van der Waals surface area contributed by atoms with E-state index >= 15 is 0 Å². The van der Waals surface area contributed by atoms with E-state index in [0.29, 0.717) is 34.3 Å². The number of allylic oxidation sites excluding steroid dienone is 1. The summed E-state index contributed by atoms with van der Waals surface area (Å²) in [5.41, 5.74) is 0.175. The van der Waals surface area contributed by atoms with Crippen LogP contribution in [-0.4, -0.2) is 103 Å². The molecule has 1 aromatic heterocycles. The molecule has 2 aliphatic heterocycles. The molecule has 5 rings (SSSR count). The Labute approximate surface area is 334 Å². The Kier molecular flexibility index (Phi) is 13.8. The number of rotatable bonds is 16. The molecule has 1 atom stereocenters. The molecule has 3 aliphatic rings. The lowest BCUT2D eigenvalue weighted by molar-refractivity contribution is -0.164. The minimum Gasteiger partial charge on any atom is -0.498 e. The lowest BCUT2D eigenvalue weighted by atomic mass is 9.49. The van der Waals surface area contributed by atoms with Crippen LogP contribution in [0.25, 0.3) is 0 Å². The van der Waals surface area contributed by atoms with Crippen LogP contribution in [-0.2, 0) is 19.1 Å². The second-order valence-electron chi connectivity index (χ2n) is 15.8. The van der Waals surface area contributed by atoms with Crippen LogP contribution in [0.4, 0.5) is 5.82 Å². The molecule has 15 heteroatoms. The molecule has 3 heterocycles. The Balaban J connectivity index is 0.973. The van der Waals surface area contributed by atoms with E-state index in [4.69, 9.17) is 21.1 Å². The smallest absolute Gasteiger partial charge is 0.270 e. The first-order valence-electron chi connectivity index (χ1n) is 19.2. The number of nitriles is 1. The van der Waals surface area contributed by atoms with Gasteiger partial charge in [0.2, 0.25) is 5.91 Å². The number of carbonyl (C=O) groups is 4. The van der Waals surface area contributed by atoms with E-state index in [1.54, 1.807) is 31.3 Å². The minimum atomic E-state index is -0.867. The van der Waals surface area contributed by atoms with Crippen molar-refractivity contribution < 1.29 is 28.7 Å². The fraction of sp³-hybridized carbons (Fsp3) is 0.537. The van der Waals surface area contributed by atoms with Crippen LogP contribution >= 0.6 is 11.6 Å². The monoisotopic (exact) mass is 788 g/mol. The number of anilines is 1. The lowest BCUT2D eigenvalue weighted by Gasteiger charge is -2.63. The highest BCUT2D eigenvalue weighted by Crippen LogP contribution is 2.55. The van der Waals surface area contributed by atoms with E-state index in [0.717, 1.165) is 69.2 Å². The molecule has 2 saturated heterocycles. The highest BCUT2D eigenvalue weighted by molar-refractivity contribution is 6.31. The van der Waals surface area contributed by atoms with E-state index in [-0.39, 0.29) is 47.6 Å². The van der Waals surface area contributed by atoms with E-state index in [1.807, 2.05) is 12.1 Å². The van der Waals surface area contributed by atoms with Crippen LogP contribution in [0.3, 0.4) is 0 Å². The van der Waals surface area contributed by atoms with Crippen molar-refractivity contribution in [3.05, 3.63) is 64.5 Å². The van der Waals surface area contributed by atoms with Crippen molar-refractivity contribution >= 4 is 47.8 Å². The average molecular weight is 789 g/mol. The Hall–Kier alpha value is -5.00. The van der Waals surface area contributed by atoms with Gasteiger partial charge in [-0.1, -0.05) is 52.1 Å². The normalized spacial score (nSPS) is 21.9. The van der Waals surface area contributed by atoms with Gasteiger partial charge in [0.15, 0.2) is 0 Å². The third-order valence-corrected chi connectivity index (χ3v) is 11.4. The first-order valence-corrected chi connectivity index (χ1v) is 19.6. The number of hydrogen-bond donors (Lipinski definition) is 2. The second-order valence-corrected chi connectivity index (χ2v) is 16.3. The largest absolute Gasteiger partial charge is 0.498 e. The predicted octanol–water partition coefficient (Wildman–Crippen LogP) is 5.07. The van der Waals surface area contributed by atoms with Crippen molar-refractivity contribution in [3.63, 3.8) is 0 Å². The predicted molar refractivity (Wildman–Crippen MR) is 213 cm³/mol. The Morgan fingerprint density at radius 1 is 1.11 bits per heavy atom. The van der Waals surface area contributed by atoms with Crippen molar-refractivity contribution in [1.82, 2.24) is 25.5 Å². The molecule has 14 nitrogen and oxygen atoms in total. The molecule has 2 aromatic rings. The highest BCUT2D eigenvalue weighted by Gasteiger charge is 2.64. The van der Waals surface area contributed by atoms with Crippen molar-refractivity contribution in [3.8, 4) is 11.8 Å². The number of aromatic nitrogens is 1. The average Bonchev–Trinajstić information content (AvgIpc) is 3.16. The van der Waals surface area contributed by atoms with Crippen LogP contribution in [0, 0.1) is 22.2 Å². The van der Waals surface area contributed by atoms with Crippen LogP contribution < -0.4 is 20.3 Å². The summed E-state index contributed by atoms with van der Waals surface area (Å²) in [5, 5.41) is 19.7. The number of imide groups is 1. The quantitative estimate of drug-likeness (QED) is 0.0585. The molecule has 2 N–H and O–H groups in total. The third-order valence-electron chi connectivity index (χ3n) is 11.0. The summed E-state index contributed by atoms with van der Waals surface area (Å²) in [6.45, 7) is 18.5. The zero-order valence-electron chi connectivity index (χ0n) is 33.0. The van der Waals surface area contributed by atoms with E-state index in [9.17, 15) is 24.4 Å². The maximum absolute atomic E-state index is 13.4. The number of amides is 4. The van der Waals surface area contributed by atoms with Gasteiger partial charge in [-0.25, -0.2) is 9.99 Å². The number of halogens is 1. The van der Waals surface area contributed by atoms with Crippen LogP contribution in [0.5, 0.6) is 5.75 Å². The molecule has 4 amide bonds. The van der Waals surface area contributed by atoms with Crippen molar-refractivity contribution in [2.75, 3.05) is 44.2 Å². The van der Waals surface area contributed by atoms with Gasteiger partial charge in [0.1, 0.15) is 29.8 Å². The molecule has 1 aromatic carbocycles. The zero-order valence-corrected chi connectivity index (χ0v) is 33.7. The third kappa shape index (κ3) is 9.86. The number of hydrogen-bond acceptors (Lipinski definition) is 11. The van der Waals surface area contributed by atoms with Crippen molar-refractivity contribution in [2.45, 2.75) is 91.3 Å². The molecule has 0 radical (unpaired) electrons. The number of carbonyl (C=O) groups excluding carboxylic acids is 4. The van der Waals surface area contributed by atoms with Crippen LogP contribution in [0.15, 0.2) is 53.5 Å². The first kappa shape index (κ1) is 42.1. The van der Waals surface area contributed by atoms with Crippen LogP contribution in [0.2, 0.25) is 5.02 Å². The molecule has 56 heavy (non-hydrogen) atoms. The number of hydrazone groups is 1. The maximum Gasteiger partial charge on any atom is 0.270 e. The van der Waals surface area contributed by atoms with E-state index < -0.39 is 17.9 Å². The zero-order chi connectivity index (χ0) is 40.6. The molecular formula is C41H53ClN8O6. The van der Waals surface area contributed by atoms with Gasteiger partial charge in [-0.05, 0) is 57.0 Å². The van der Waals surface area contributed by atoms with Gasteiger partial charge in [0, 0.05) is 74.5 Å². The van der Waals surface area contributed by atoms with E-state index in [2.05, 4.69) is 71.0 Å². The number of piperidine rings is 1. The van der Waals surface area contributed by atoms with Crippen molar-refractivity contribution in [2.24, 2.45) is 15.9 Å². The summed E-state index contributed by atoms with van der Waals surface area (Å²) in [6.07, 6.45) is 7.08. The first-order chi connectivity index (χ1) is 26.6. The topological polar surface area (TPSA) is 170 Å². The molecular weight excluding hydrogens is 736 g/mol. The summed E-state index contributed by atoms with van der Waals surface area (Å²) < 4.78 is 12.1. The SMILES string of the molecule is C=NN(C(=O)/C=C(\C)OCCCCCCN1CCN(c2ccc(C(=O)N[C@H]3C(C)(C)[C@H](Oc4ccc(C#N)c(Cl)c4)C3(C)C)cn2)CC1)C1CCC(=O)NC1=O. The summed E-state index contributed by atoms with van der Waals surface area (Å²) >= 11 is 6.23. The number of unbranched alkanes of at least 4 members (excludes halogenated alkanes) is 3. The van der Waals surface area contributed by atoms with Crippen LogP contribution in [0.1, 0.15) is 89.1 Å². The van der Waals surface area contributed by atoms with Gasteiger partial charge < -0.3 is 19.7 Å². The van der Waals surface area contributed by atoms with Gasteiger partial charge in [0.05, 0.1) is 28.5 Å². The summed E-state index contributed by atoms with van der Waals surface area (Å²) in [5.74, 6) is 0.258. The van der Waals surface area contributed by atoms with Crippen molar-refractivity contribution in [1.29, 1.82) is 5.26 Å². The van der Waals surface area contributed by atoms with Gasteiger partial charge in [0.25, 0.3) is 17.7 Å². The van der Waals surface area contributed by atoms with Gasteiger partial charge >= 0.3 is 0 Å². The summed E-state index contributed by atoms with van der Waals surface area (Å²) in [7, 11) is 0. The number of pyridine rings is 1. The van der Waals surface area contributed by atoms with Gasteiger partial charge in [-0.3, -0.25) is 29.4 Å². The molecule has 1 aliphatic carbocycles. The Morgan fingerprint density at radius 2 is 1.82 bits per heavy atom. The fourth-order valence-electron chi connectivity index (χ4n) is 8.26. The maximum atomic E-state index is 13.4.